The SMILES string of the molecule is CC(CCC(=O)O)NC(=O)c1cc(N2CCCC2=O)cc(C(F)(F)F)c1. The number of rotatable bonds is 6. The molecule has 0 bridgehead atoms. The van der Waals surface area contributed by atoms with Gasteiger partial charge in [0.1, 0.15) is 0 Å². The van der Waals surface area contributed by atoms with E-state index in [1.165, 1.54) is 11.0 Å². The molecule has 0 spiro atoms. The Morgan fingerprint density at radius 1 is 1.31 bits per heavy atom. The zero-order valence-electron chi connectivity index (χ0n) is 14.1. The van der Waals surface area contributed by atoms with Crippen LogP contribution >= 0.6 is 0 Å². The average molecular weight is 372 g/mol. The number of carboxylic acid groups (broad SMARTS) is 1. The van der Waals surface area contributed by atoms with Crippen LogP contribution in [0.5, 0.6) is 0 Å². The van der Waals surface area contributed by atoms with E-state index in [4.69, 9.17) is 5.11 Å². The Bertz CT molecular complexity index is 718. The Labute approximate surface area is 148 Å². The second-order valence-corrected chi connectivity index (χ2v) is 6.22. The minimum absolute atomic E-state index is 0.0330. The van der Waals surface area contributed by atoms with E-state index >= 15 is 0 Å². The third-order valence-corrected chi connectivity index (χ3v) is 4.06. The minimum Gasteiger partial charge on any atom is -0.481 e. The second kappa shape index (κ2) is 7.76. The van der Waals surface area contributed by atoms with Gasteiger partial charge in [-0.2, -0.15) is 13.2 Å². The van der Waals surface area contributed by atoms with Crippen molar-refractivity contribution >= 4 is 23.5 Å². The first kappa shape index (κ1) is 19.7. The predicted molar refractivity (Wildman–Crippen MR) is 86.8 cm³/mol. The smallest absolute Gasteiger partial charge is 0.416 e. The number of nitrogens with one attached hydrogen (secondary N) is 1. The van der Waals surface area contributed by atoms with E-state index in [0.29, 0.717) is 13.0 Å². The Morgan fingerprint density at radius 2 is 2.00 bits per heavy atom. The summed E-state index contributed by atoms with van der Waals surface area (Å²) in [5.74, 6) is -2.06. The fourth-order valence-corrected chi connectivity index (χ4v) is 2.70. The lowest BCUT2D eigenvalue weighted by Gasteiger charge is -2.20. The molecule has 9 heteroatoms. The number of carbonyl (C=O) groups is 3. The first-order valence-electron chi connectivity index (χ1n) is 8.13. The molecule has 0 aromatic heterocycles. The fraction of sp³-hybridized carbons (Fsp3) is 0.471. The second-order valence-electron chi connectivity index (χ2n) is 6.22. The number of anilines is 1. The maximum atomic E-state index is 13.2. The number of alkyl halides is 3. The third-order valence-electron chi connectivity index (χ3n) is 4.06. The molecule has 1 heterocycles. The highest BCUT2D eigenvalue weighted by atomic mass is 19.4. The molecule has 1 saturated heterocycles. The number of carbonyl (C=O) groups excluding carboxylic acids is 2. The summed E-state index contributed by atoms with van der Waals surface area (Å²) in [5, 5.41) is 11.1. The van der Waals surface area contributed by atoms with Crippen LogP contribution in [0.15, 0.2) is 18.2 Å². The number of aliphatic carboxylic acids is 1. The number of hydrogen-bond donors (Lipinski definition) is 2. The van der Waals surface area contributed by atoms with Gasteiger partial charge in [0.25, 0.3) is 5.91 Å². The van der Waals surface area contributed by atoms with Gasteiger partial charge in [-0.05, 0) is 38.0 Å². The topological polar surface area (TPSA) is 86.7 Å². The molecular formula is C17H19F3N2O4. The van der Waals surface area contributed by atoms with Crippen LogP contribution in [0.2, 0.25) is 0 Å². The molecule has 2 rings (SSSR count). The Hall–Kier alpha value is -2.58. The summed E-state index contributed by atoms with van der Waals surface area (Å²) in [6.07, 6.45) is -3.88. The highest BCUT2D eigenvalue weighted by Crippen LogP contribution is 2.34. The standard InChI is InChI=1S/C17H19F3N2O4/c1-10(4-5-15(24)25)21-16(26)11-7-12(17(18,19)20)9-13(8-11)22-6-2-3-14(22)23/h7-10H,2-6H2,1H3,(H,21,26)(H,24,25). The molecule has 0 aliphatic carbocycles. The molecule has 6 nitrogen and oxygen atoms in total. The summed E-state index contributed by atoms with van der Waals surface area (Å²) in [5.41, 5.74) is -1.21. The molecule has 1 aromatic carbocycles. The molecule has 142 valence electrons. The molecular weight excluding hydrogens is 353 g/mol. The van der Waals surface area contributed by atoms with Crippen molar-refractivity contribution in [1.82, 2.24) is 5.32 Å². The first-order chi connectivity index (χ1) is 12.1. The van der Waals surface area contributed by atoms with Crippen LogP contribution < -0.4 is 10.2 Å². The number of amides is 2. The quantitative estimate of drug-likeness (QED) is 0.804. The third kappa shape index (κ3) is 4.96. The van der Waals surface area contributed by atoms with Gasteiger partial charge in [-0.3, -0.25) is 14.4 Å². The van der Waals surface area contributed by atoms with Gasteiger partial charge in [0.15, 0.2) is 0 Å². The number of nitrogens with zero attached hydrogens (tertiary/aromatic N) is 1. The lowest BCUT2D eigenvalue weighted by molar-refractivity contribution is -0.138. The van der Waals surface area contributed by atoms with Gasteiger partial charge >= 0.3 is 12.1 Å². The van der Waals surface area contributed by atoms with E-state index in [0.717, 1.165) is 12.1 Å². The van der Waals surface area contributed by atoms with Crippen LogP contribution in [-0.4, -0.2) is 35.5 Å². The van der Waals surface area contributed by atoms with Crippen LogP contribution in [0.1, 0.15) is 48.5 Å². The average Bonchev–Trinajstić information content (AvgIpc) is 2.97. The largest absolute Gasteiger partial charge is 0.481 e. The molecule has 1 fully saturated rings. The number of carboxylic acids is 1. The molecule has 2 N–H and O–H groups in total. The number of hydrogen-bond acceptors (Lipinski definition) is 3. The van der Waals surface area contributed by atoms with Crippen molar-refractivity contribution in [2.45, 2.75) is 44.8 Å². The number of halogens is 3. The van der Waals surface area contributed by atoms with E-state index in [-0.39, 0.29) is 36.4 Å². The van der Waals surface area contributed by atoms with E-state index in [1.807, 2.05) is 0 Å². The van der Waals surface area contributed by atoms with Gasteiger partial charge in [-0.1, -0.05) is 0 Å². The zero-order chi connectivity index (χ0) is 19.5. The maximum absolute atomic E-state index is 13.2. The van der Waals surface area contributed by atoms with Crippen LogP contribution in [0, 0.1) is 0 Å². The molecule has 1 aliphatic heterocycles. The van der Waals surface area contributed by atoms with Gasteiger partial charge in [-0.25, -0.2) is 0 Å². The summed E-state index contributed by atoms with van der Waals surface area (Å²) in [4.78, 5) is 35.9. The maximum Gasteiger partial charge on any atom is 0.416 e. The normalized spacial score (nSPS) is 15.8. The molecule has 0 radical (unpaired) electrons. The monoisotopic (exact) mass is 372 g/mol. The summed E-state index contributed by atoms with van der Waals surface area (Å²) >= 11 is 0. The van der Waals surface area contributed by atoms with E-state index in [1.54, 1.807) is 6.92 Å². The summed E-state index contributed by atoms with van der Waals surface area (Å²) in [6.45, 7) is 1.87. The van der Waals surface area contributed by atoms with Gasteiger partial charge < -0.3 is 15.3 Å². The predicted octanol–water partition coefficient (Wildman–Crippen LogP) is 2.82. The lowest BCUT2D eigenvalue weighted by Crippen LogP contribution is -2.33. The number of benzene rings is 1. The summed E-state index contributed by atoms with van der Waals surface area (Å²) < 4.78 is 39.5. The fourth-order valence-electron chi connectivity index (χ4n) is 2.70. The highest BCUT2D eigenvalue weighted by molar-refractivity contribution is 5.99. The van der Waals surface area contributed by atoms with Crippen molar-refractivity contribution < 1.29 is 32.7 Å². The van der Waals surface area contributed by atoms with Crippen molar-refractivity contribution in [1.29, 1.82) is 0 Å². The molecule has 1 aromatic rings. The molecule has 26 heavy (non-hydrogen) atoms. The van der Waals surface area contributed by atoms with E-state index in [9.17, 15) is 27.6 Å². The Kier molecular flexibility index (Phi) is 5.89. The highest BCUT2D eigenvalue weighted by Gasteiger charge is 2.33. The molecule has 1 unspecified atom stereocenters. The van der Waals surface area contributed by atoms with Crippen molar-refractivity contribution in [2.24, 2.45) is 0 Å². The van der Waals surface area contributed by atoms with Crippen LogP contribution in [-0.2, 0) is 15.8 Å². The van der Waals surface area contributed by atoms with Crippen molar-refractivity contribution in [3.63, 3.8) is 0 Å². The summed E-state index contributed by atoms with van der Waals surface area (Å²) in [7, 11) is 0. The first-order valence-corrected chi connectivity index (χ1v) is 8.13. The molecule has 2 amide bonds. The van der Waals surface area contributed by atoms with Gasteiger partial charge in [-0.15, -0.1) is 0 Å². The van der Waals surface area contributed by atoms with Crippen molar-refractivity contribution in [2.75, 3.05) is 11.4 Å². The molecule has 1 aliphatic rings. The zero-order valence-corrected chi connectivity index (χ0v) is 14.1. The van der Waals surface area contributed by atoms with Crippen molar-refractivity contribution in [3.8, 4) is 0 Å². The van der Waals surface area contributed by atoms with Gasteiger partial charge in [0.05, 0.1) is 5.56 Å². The minimum atomic E-state index is -4.66. The van der Waals surface area contributed by atoms with Crippen LogP contribution in [0.4, 0.5) is 18.9 Å². The van der Waals surface area contributed by atoms with Gasteiger partial charge in [0.2, 0.25) is 5.91 Å². The van der Waals surface area contributed by atoms with Crippen molar-refractivity contribution in [3.05, 3.63) is 29.3 Å². The molecule has 1 atom stereocenters. The van der Waals surface area contributed by atoms with Gasteiger partial charge in [0, 0.05) is 36.7 Å². The Morgan fingerprint density at radius 3 is 2.54 bits per heavy atom. The van der Waals surface area contributed by atoms with Crippen LogP contribution in [0.3, 0.4) is 0 Å². The summed E-state index contributed by atoms with van der Waals surface area (Å²) in [6, 6.07) is 2.31. The van der Waals surface area contributed by atoms with Crippen LogP contribution in [0.25, 0.3) is 0 Å². The Balaban J connectivity index is 2.27. The molecule has 0 saturated carbocycles. The lowest BCUT2D eigenvalue weighted by atomic mass is 10.1. The van der Waals surface area contributed by atoms with E-state index in [2.05, 4.69) is 5.32 Å². The van der Waals surface area contributed by atoms with E-state index < -0.39 is 29.7 Å².